The molecule has 0 bridgehead atoms. The maximum atomic E-state index is 12.8. The Hall–Kier alpha value is -3.58. The molecule has 1 N–H and O–H groups in total. The molecule has 6 rings (SSSR count). The second-order valence-corrected chi connectivity index (χ2v) is 8.90. The van der Waals surface area contributed by atoms with Gasteiger partial charge in [-0.25, -0.2) is 4.98 Å². The molecular formula is C24H17N3O3S. The third-order valence-electron chi connectivity index (χ3n) is 6.01. The summed E-state index contributed by atoms with van der Waals surface area (Å²) in [5.74, 6) is -0.693. The fourth-order valence-corrected chi connectivity index (χ4v) is 5.50. The maximum absolute atomic E-state index is 12.8. The van der Waals surface area contributed by atoms with Gasteiger partial charge in [-0.2, -0.15) is 0 Å². The quantitative estimate of drug-likeness (QED) is 0.490. The number of nitrogens with zero attached hydrogens (tertiary/aromatic N) is 2. The SMILES string of the molecule is O=C(Nc1nc2c(cc3c4c(cccc42)CC3)s1)c1ccc(N2C(=O)CCC2=O)cc1. The monoisotopic (exact) mass is 427 g/mol. The van der Waals surface area contributed by atoms with E-state index in [1.54, 1.807) is 24.3 Å². The van der Waals surface area contributed by atoms with Crippen molar-refractivity contribution in [3.05, 3.63) is 65.2 Å². The van der Waals surface area contributed by atoms with Crippen LogP contribution >= 0.6 is 11.3 Å². The van der Waals surface area contributed by atoms with Crippen LogP contribution in [0, 0.1) is 0 Å². The minimum Gasteiger partial charge on any atom is -0.298 e. The van der Waals surface area contributed by atoms with Gasteiger partial charge in [-0.15, -0.1) is 0 Å². The smallest absolute Gasteiger partial charge is 0.257 e. The van der Waals surface area contributed by atoms with Crippen molar-refractivity contribution in [1.29, 1.82) is 0 Å². The summed E-state index contributed by atoms with van der Waals surface area (Å²) in [7, 11) is 0. The zero-order valence-electron chi connectivity index (χ0n) is 16.5. The van der Waals surface area contributed by atoms with Crippen LogP contribution in [-0.2, 0) is 22.4 Å². The van der Waals surface area contributed by atoms with E-state index in [9.17, 15) is 14.4 Å². The zero-order valence-corrected chi connectivity index (χ0v) is 17.3. The van der Waals surface area contributed by atoms with Gasteiger partial charge in [0, 0.05) is 23.8 Å². The second kappa shape index (κ2) is 6.72. The van der Waals surface area contributed by atoms with E-state index < -0.39 is 0 Å². The van der Waals surface area contributed by atoms with Crippen LogP contribution in [0.25, 0.3) is 21.0 Å². The van der Waals surface area contributed by atoms with Crippen molar-refractivity contribution in [3.63, 3.8) is 0 Å². The summed E-state index contributed by atoms with van der Waals surface area (Å²) >= 11 is 1.47. The van der Waals surface area contributed by atoms with E-state index in [1.165, 1.54) is 32.7 Å². The van der Waals surface area contributed by atoms with Gasteiger partial charge >= 0.3 is 0 Å². The highest BCUT2D eigenvalue weighted by molar-refractivity contribution is 7.22. The van der Waals surface area contributed by atoms with Gasteiger partial charge in [0.25, 0.3) is 5.91 Å². The minimum absolute atomic E-state index is 0.209. The van der Waals surface area contributed by atoms with Crippen molar-refractivity contribution >= 4 is 60.9 Å². The minimum atomic E-state index is -0.276. The van der Waals surface area contributed by atoms with E-state index in [0.717, 1.165) is 28.4 Å². The predicted molar refractivity (Wildman–Crippen MR) is 121 cm³/mol. The van der Waals surface area contributed by atoms with Crippen LogP contribution in [0.1, 0.15) is 34.3 Å². The van der Waals surface area contributed by atoms with Gasteiger partial charge in [0.05, 0.1) is 15.9 Å². The van der Waals surface area contributed by atoms with Gasteiger partial charge < -0.3 is 0 Å². The summed E-state index contributed by atoms with van der Waals surface area (Å²) in [6.45, 7) is 0. The van der Waals surface area contributed by atoms with Crippen molar-refractivity contribution in [2.75, 3.05) is 10.2 Å². The standard InChI is InChI=1S/C24H17N3O3S/c28-19-10-11-20(29)27(19)16-8-6-14(7-9-16)23(30)26-24-25-22-17-3-1-2-13-4-5-15(21(13)17)12-18(22)31-24/h1-3,6-9,12H,4-5,10-11H2,(H,25,26,30). The molecule has 1 aliphatic heterocycles. The highest BCUT2D eigenvalue weighted by Crippen LogP contribution is 2.39. The average Bonchev–Trinajstić information content (AvgIpc) is 3.47. The van der Waals surface area contributed by atoms with Crippen molar-refractivity contribution in [2.24, 2.45) is 0 Å². The molecule has 1 aromatic heterocycles. The number of thiazole rings is 1. The van der Waals surface area contributed by atoms with Gasteiger partial charge in [0.2, 0.25) is 11.8 Å². The molecule has 6 nitrogen and oxygen atoms in total. The molecule has 0 atom stereocenters. The summed E-state index contributed by atoms with van der Waals surface area (Å²) in [6, 6.07) is 15.0. The highest BCUT2D eigenvalue weighted by atomic mass is 32.1. The molecule has 7 heteroatoms. The van der Waals surface area contributed by atoms with Crippen molar-refractivity contribution in [1.82, 2.24) is 4.98 Å². The van der Waals surface area contributed by atoms with E-state index in [1.807, 2.05) is 0 Å². The first-order valence-electron chi connectivity index (χ1n) is 10.2. The molecule has 1 aliphatic carbocycles. The van der Waals surface area contributed by atoms with Crippen LogP contribution in [0.15, 0.2) is 48.5 Å². The van der Waals surface area contributed by atoms with E-state index in [-0.39, 0.29) is 30.6 Å². The number of nitrogens with one attached hydrogen (secondary N) is 1. The normalized spacial score (nSPS) is 15.4. The van der Waals surface area contributed by atoms with E-state index in [4.69, 9.17) is 4.98 Å². The van der Waals surface area contributed by atoms with Gasteiger partial charge in [-0.3, -0.25) is 24.6 Å². The number of hydrogen-bond acceptors (Lipinski definition) is 5. The third-order valence-corrected chi connectivity index (χ3v) is 6.93. The van der Waals surface area contributed by atoms with Gasteiger partial charge in [-0.05, 0) is 59.7 Å². The zero-order chi connectivity index (χ0) is 21.1. The van der Waals surface area contributed by atoms with Crippen LogP contribution < -0.4 is 10.2 Å². The average molecular weight is 427 g/mol. The van der Waals surface area contributed by atoms with Crippen molar-refractivity contribution in [2.45, 2.75) is 25.7 Å². The van der Waals surface area contributed by atoms with Crippen LogP contribution in [0.4, 0.5) is 10.8 Å². The number of aromatic nitrogens is 1. The first-order valence-corrected chi connectivity index (χ1v) is 11.0. The number of anilines is 2. The van der Waals surface area contributed by atoms with Crippen LogP contribution in [0.5, 0.6) is 0 Å². The van der Waals surface area contributed by atoms with Gasteiger partial charge in [0.15, 0.2) is 5.13 Å². The summed E-state index contributed by atoms with van der Waals surface area (Å²) in [6.07, 6.45) is 2.57. The lowest BCUT2D eigenvalue weighted by atomic mass is 10.0. The Kier molecular flexibility index (Phi) is 3.94. The summed E-state index contributed by atoms with van der Waals surface area (Å²) < 4.78 is 1.07. The maximum Gasteiger partial charge on any atom is 0.257 e. The number of imide groups is 1. The number of fused-ring (bicyclic) bond motifs is 2. The summed E-state index contributed by atoms with van der Waals surface area (Å²) in [5, 5.41) is 5.89. The number of aryl methyl sites for hydroxylation is 2. The number of amides is 3. The Labute approximate surface area is 181 Å². The topological polar surface area (TPSA) is 79.4 Å². The van der Waals surface area contributed by atoms with Gasteiger partial charge in [0.1, 0.15) is 0 Å². The lowest BCUT2D eigenvalue weighted by Crippen LogP contribution is -2.28. The summed E-state index contributed by atoms with van der Waals surface area (Å²) in [4.78, 5) is 42.4. The molecule has 4 aromatic rings. The molecule has 2 aliphatic rings. The molecule has 152 valence electrons. The van der Waals surface area contributed by atoms with Crippen LogP contribution in [-0.4, -0.2) is 22.7 Å². The number of benzene rings is 3. The third kappa shape index (κ3) is 2.84. The Morgan fingerprint density at radius 3 is 2.45 bits per heavy atom. The molecular weight excluding hydrogens is 410 g/mol. The predicted octanol–water partition coefficient (Wildman–Crippen LogP) is 4.45. The molecule has 0 saturated carbocycles. The first-order chi connectivity index (χ1) is 15.1. The van der Waals surface area contributed by atoms with Gasteiger partial charge in [-0.1, -0.05) is 29.5 Å². The largest absolute Gasteiger partial charge is 0.298 e. The van der Waals surface area contributed by atoms with E-state index in [0.29, 0.717) is 16.4 Å². The second-order valence-electron chi connectivity index (χ2n) is 7.87. The molecule has 0 spiro atoms. The Bertz CT molecular complexity index is 1410. The van der Waals surface area contributed by atoms with Crippen LogP contribution in [0.3, 0.4) is 0 Å². The molecule has 31 heavy (non-hydrogen) atoms. The Morgan fingerprint density at radius 2 is 1.68 bits per heavy atom. The lowest BCUT2D eigenvalue weighted by Gasteiger charge is -2.13. The molecule has 2 heterocycles. The van der Waals surface area contributed by atoms with Crippen LogP contribution in [0.2, 0.25) is 0 Å². The fraction of sp³-hybridized carbons (Fsp3) is 0.167. The Balaban J connectivity index is 1.29. The number of carbonyl (C=O) groups is 3. The van der Waals surface area contributed by atoms with E-state index in [2.05, 4.69) is 29.6 Å². The molecule has 1 saturated heterocycles. The van der Waals surface area contributed by atoms with Crippen molar-refractivity contribution in [3.8, 4) is 0 Å². The molecule has 3 amide bonds. The van der Waals surface area contributed by atoms with E-state index >= 15 is 0 Å². The molecule has 0 radical (unpaired) electrons. The fourth-order valence-electron chi connectivity index (χ4n) is 4.55. The molecule has 1 fully saturated rings. The lowest BCUT2D eigenvalue weighted by molar-refractivity contribution is -0.121. The molecule has 0 unspecified atom stereocenters. The first kappa shape index (κ1) is 18.2. The summed E-state index contributed by atoms with van der Waals surface area (Å²) in [5.41, 5.74) is 4.57. The van der Waals surface area contributed by atoms with Crippen molar-refractivity contribution < 1.29 is 14.4 Å². The highest BCUT2D eigenvalue weighted by Gasteiger charge is 2.30. The number of carbonyl (C=O) groups excluding carboxylic acids is 3. The molecule has 3 aromatic carbocycles. The number of rotatable bonds is 3. The Morgan fingerprint density at radius 1 is 0.935 bits per heavy atom. The number of hydrogen-bond donors (Lipinski definition) is 1.